The van der Waals surface area contributed by atoms with Crippen LogP contribution >= 0.6 is 0 Å². The Kier molecular flexibility index (Phi) is 31.8. The molecule has 0 rings (SSSR count). The molecule has 0 aromatic rings. The zero-order valence-electron chi connectivity index (χ0n) is 30.6. The van der Waals surface area contributed by atoms with Gasteiger partial charge in [0.15, 0.2) is 0 Å². The fraction of sp³-hybridized carbons (Fsp3) is 1.00. The second-order valence-electron chi connectivity index (χ2n) is 13.5. The Morgan fingerprint density at radius 3 is 0.878 bits per heavy atom. The molecule has 0 saturated heterocycles. The molecular weight excluding hydrogens is 726 g/mol. The summed E-state index contributed by atoms with van der Waals surface area (Å²) in [6.45, 7) is 22.9. The van der Waals surface area contributed by atoms with Crippen molar-refractivity contribution in [1.29, 1.82) is 0 Å². The van der Waals surface area contributed by atoms with Crippen LogP contribution in [0.25, 0.3) is 0 Å². The van der Waals surface area contributed by atoms with Gasteiger partial charge in [0.1, 0.15) is 0 Å². The topological polar surface area (TPSA) is 49.4 Å². The molecule has 0 fully saturated rings. The average molecular weight is 806 g/mol. The van der Waals surface area contributed by atoms with E-state index in [-0.39, 0.29) is 10.9 Å². The van der Waals surface area contributed by atoms with E-state index in [0.717, 1.165) is 39.1 Å². The van der Waals surface area contributed by atoms with Crippen LogP contribution in [0.1, 0.15) is 128 Å². The number of hydrogen-bond donors (Lipinski definition) is 1. The normalized spacial score (nSPS) is 12.6. The molecule has 7 nitrogen and oxygen atoms in total. The van der Waals surface area contributed by atoms with E-state index in [4.69, 9.17) is 9.22 Å². The molecule has 0 saturated carbocycles. The first-order chi connectivity index (χ1) is 18.4. The maximum absolute atomic E-state index is 6.42. The predicted molar refractivity (Wildman–Crippen MR) is 190 cm³/mol. The summed E-state index contributed by atoms with van der Waals surface area (Å²) in [6.07, 6.45) is 10.7. The van der Waals surface area contributed by atoms with Crippen LogP contribution in [0.5, 0.6) is 0 Å². The van der Waals surface area contributed by atoms with Gasteiger partial charge in [-0.3, -0.25) is 0 Å². The standard InChI is InChI=1S/3C5H11O.2C4H9.C2H7N.3C2H6N.CH4.2Sn/c3*1-2-3-4-5-6;2*1-4(2)3;4*1-3-2;;;/h3*2-5H2,1H3;2*1-3H3;3H,1-2H3;3*1-2H3;1H4;;/q3*-1;;;;3*-1;;2*+3. The first-order valence-electron chi connectivity index (χ1n) is 16.0. The van der Waals surface area contributed by atoms with Gasteiger partial charge in [0.05, 0.1) is 0 Å². The molecule has 9 heteroatoms. The van der Waals surface area contributed by atoms with Gasteiger partial charge in [0.25, 0.3) is 0 Å². The van der Waals surface area contributed by atoms with Gasteiger partial charge in [-0.1, -0.05) is 7.43 Å². The van der Waals surface area contributed by atoms with Crippen molar-refractivity contribution in [2.24, 2.45) is 0 Å². The third-order valence-corrected chi connectivity index (χ3v) is 33.6. The Morgan fingerprint density at radius 1 is 0.512 bits per heavy atom. The second kappa shape index (κ2) is 26.5. The van der Waals surface area contributed by atoms with E-state index in [1.165, 1.54) is 38.5 Å². The third-order valence-electron chi connectivity index (χ3n) is 6.92. The fourth-order valence-corrected chi connectivity index (χ4v) is 32.0. The molecule has 0 aliphatic rings. The van der Waals surface area contributed by atoms with Gasteiger partial charge in [-0.05, 0) is 14.1 Å². The Bertz CT molecular complexity index is 513. The van der Waals surface area contributed by atoms with Gasteiger partial charge >= 0.3 is 246 Å². The summed E-state index contributed by atoms with van der Waals surface area (Å²) in [6, 6.07) is 0. The molecule has 0 amide bonds. The van der Waals surface area contributed by atoms with Crippen LogP contribution < -0.4 is 5.32 Å². The van der Waals surface area contributed by atoms with Gasteiger partial charge in [0.2, 0.25) is 0 Å². The molecule has 0 spiro atoms. The first-order valence-corrected chi connectivity index (χ1v) is 26.1. The second-order valence-corrected chi connectivity index (χ2v) is 39.0. The summed E-state index contributed by atoms with van der Waals surface area (Å²) in [5, 5.41) is 2.75. The predicted octanol–water partition coefficient (Wildman–Crippen LogP) is 8.23. The summed E-state index contributed by atoms with van der Waals surface area (Å²) in [5.74, 6) is 0. The molecule has 1 N–H and O–H groups in total. The molecule has 0 bridgehead atoms. The third kappa shape index (κ3) is 18.8. The van der Waals surface area contributed by atoms with E-state index >= 15 is 0 Å². The molecule has 0 aliphatic carbocycles. The zero-order chi connectivity index (χ0) is 32.0. The molecule has 0 aromatic heterocycles. The molecule has 254 valence electrons. The van der Waals surface area contributed by atoms with E-state index in [1.54, 1.807) is 0 Å². The van der Waals surface area contributed by atoms with Gasteiger partial charge in [0, 0.05) is 0 Å². The molecule has 0 aromatic carbocycles. The summed E-state index contributed by atoms with van der Waals surface area (Å²) in [5.41, 5.74) is 0. The Hall–Kier alpha value is 1.32. The van der Waals surface area contributed by atoms with Crippen LogP contribution in [-0.4, -0.2) is 124 Å². The number of rotatable bonds is 18. The molecule has 0 radical (unpaired) electrons. The quantitative estimate of drug-likeness (QED) is 0.111. The minimum absolute atomic E-state index is 0. The molecule has 0 aliphatic heterocycles. The van der Waals surface area contributed by atoms with Crippen LogP contribution in [-0.2, 0) is 9.22 Å². The summed E-state index contributed by atoms with van der Waals surface area (Å²) in [7, 11) is 17.1. The molecular formula is C32H80N4O3Sn2. The molecule has 0 atom stereocenters. The van der Waals surface area contributed by atoms with Crippen LogP contribution in [0.3, 0.4) is 0 Å². The van der Waals surface area contributed by atoms with Gasteiger partial charge in [-0.15, -0.1) is 0 Å². The van der Waals surface area contributed by atoms with Gasteiger partial charge in [-0.2, -0.15) is 0 Å². The number of unbranched alkanes of at least 4 members (excludes halogenated alkanes) is 6. The minimum atomic E-state index is -3.53. The average Bonchev–Trinajstić information content (AvgIpc) is 2.80. The fourth-order valence-electron chi connectivity index (χ4n) is 5.66. The van der Waals surface area contributed by atoms with E-state index in [1.807, 2.05) is 14.1 Å². The SMILES string of the molecule is C.CCCCC[O][Sn]([O]CCCCC)([O]CCCCC)[C](C)(C)C.CNC.C[N](C)[Sn]([N](C)C)([N](C)C)[C](C)(C)C. The molecule has 0 unspecified atom stereocenters. The van der Waals surface area contributed by atoms with Crippen molar-refractivity contribution in [3.8, 4) is 0 Å². The van der Waals surface area contributed by atoms with Crippen molar-refractivity contribution >= 4 is 38.8 Å². The van der Waals surface area contributed by atoms with Crippen molar-refractivity contribution in [3.05, 3.63) is 0 Å². The van der Waals surface area contributed by atoms with Crippen molar-refractivity contribution in [2.45, 2.75) is 134 Å². The Labute approximate surface area is 271 Å². The van der Waals surface area contributed by atoms with Crippen LogP contribution in [0.15, 0.2) is 0 Å². The zero-order valence-corrected chi connectivity index (χ0v) is 36.3. The van der Waals surface area contributed by atoms with Crippen molar-refractivity contribution < 1.29 is 9.22 Å². The summed E-state index contributed by atoms with van der Waals surface area (Å²) in [4.78, 5) is 0. The van der Waals surface area contributed by atoms with E-state index < -0.39 is 38.8 Å². The number of hydrogen-bond acceptors (Lipinski definition) is 7. The van der Waals surface area contributed by atoms with Crippen molar-refractivity contribution in [3.63, 3.8) is 0 Å². The monoisotopic (exact) mass is 808 g/mol. The number of nitrogens with one attached hydrogen (secondary N) is 1. The maximum atomic E-state index is 6.42. The van der Waals surface area contributed by atoms with E-state index in [2.05, 4.69) is 119 Å². The molecule has 41 heavy (non-hydrogen) atoms. The van der Waals surface area contributed by atoms with Gasteiger partial charge in [-0.25, -0.2) is 0 Å². The number of nitrogens with zero attached hydrogens (tertiary/aromatic N) is 3. The van der Waals surface area contributed by atoms with Gasteiger partial charge < -0.3 is 5.32 Å². The summed E-state index contributed by atoms with van der Waals surface area (Å²) < 4.78 is 27.1. The molecule has 0 heterocycles. The van der Waals surface area contributed by atoms with E-state index in [9.17, 15) is 0 Å². The Morgan fingerprint density at radius 2 is 0.756 bits per heavy atom. The Balaban J connectivity index is -0.000000325. The van der Waals surface area contributed by atoms with Crippen LogP contribution in [0.4, 0.5) is 0 Å². The van der Waals surface area contributed by atoms with Crippen molar-refractivity contribution in [2.75, 3.05) is 76.2 Å². The van der Waals surface area contributed by atoms with Crippen LogP contribution in [0, 0.1) is 0 Å². The van der Waals surface area contributed by atoms with E-state index in [0.29, 0.717) is 3.43 Å². The van der Waals surface area contributed by atoms with Crippen molar-refractivity contribution in [1.82, 2.24) is 14.7 Å². The first kappa shape index (κ1) is 49.2. The summed E-state index contributed by atoms with van der Waals surface area (Å²) >= 11 is -6.12. The van der Waals surface area contributed by atoms with Crippen LogP contribution in [0.2, 0.25) is 6.86 Å².